The Balaban J connectivity index is 1.70. The van der Waals surface area contributed by atoms with E-state index in [1.807, 2.05) is 13.8 Å². The zero-order chi connectivity index (χ0) is 21.6. The van der Waals surface area contributed by atoms with Crippen molar-refractivity contribution in [2.75, 3.05) is 13.1 Å². The van der Waals surface area contributed by atoms with Crippen LogP contribution >= 0.6 is 0 Å². The van der Waals surface area contributed by atoms with Gasteiger partial charge in [-0.15, -0.1) is 0 Å². The summed E-state index contributed by atoms with van der Waals surface area (Å²) in [5, 5.41) is 0. The number of imide groups is 1. The molecule has 0 bridgehead atoms. The van der Waals surface area contributed by atoms with Gasteiger partial charge in [0.1, 0.15) is 11.5 Å². The molecule has 2 atom stereocenters. The number of hydrogen-bond donors (Lipinski definition) is 0. The lowest BCUT2D eigenvalue weighted by molar-refractivity contribution is 0.0639. The van der Waals surface area contributed by atoms with Crippen molar-refractivity contribution in [3.63, 3.8) is 0 Å². The van der Waals surface area contributed by atoms with Crippen molar-refractivity contribution in [1.82, 2.24) is 14.2 Å². The van der Waals surface area contributed by atoms with Gasteiger partial charge >= 0.3 is 0 Å². The summed E-state index contributed by atoms with van der Waals surface area (Å²) in [5.41, 5.74) is 0.400. The summed E-state index contributed by atoms with van der Waals surface area (Å²) < 4.78 is 42.1. The van der Waals surface area contributed by atoms with Crippen molar-refractivity contribution in [2.45, 2.75) is 31.7 Å². The predicted molar refractivity (Wildman–Crippen MR) is 107 cm³/mol. The molecule has 2 amide bonds. The Morgan fingerprint density at radius 1 is 1.10 bits per heavy atom. The number of carbonyl (C=O) groups excluding carboxylic acids is 2. The zero-order valence-corrected chi connectivity index (χ0v) is 17.5. The van der Waals surface area contributed by atoms with Crippen LogP contribution in [0, 0.1) is 17.7 Å². The van der Waals surface area contributed by atoms with Crippen molar-refractivity contribution in [3.05, 3.63) is 59.2 Å². The molecule has 0 aliphatic carbocycles. The molecule has 0 spiro atoms. The second-order valence-corrected chi connectivity index (χ2v) is 10.0. The minimum atomic E-state index is -4.00. The number of carbonyl (C=O) groups is 2. The Labute approximate surface area is 174 Å². The van der Waals surface area contributed by atoms with E-state index in [0.717, 1.165) is 23.5 Å². The number of rotatable bonds is 4. The van der Waals surface area contributed by atoms with Gasteiger partial charge in [0.15, 0.2) is 0 Å². The molecule has 4 rings (SSSR count). The van der Waals surface area contributed by atoms with Gasteiger partial charge in [-0.1, -0.05) is 19.9 Å². The Morgan fingerprint density at radius 3 is 2.47 bits per heavy atom. The number of aromatic nitrogens is 1. The first-order chi connectivity index (χ1) is 14.2. The van der Waals surface area contributed by atoms with E-state index in [0.29, 0.717) is 13.1 Å². The SMILES string of the molecule is CC1CC(C)CN(S(=O)(=O)c2cc(F)ccc2CN2C(=O)c3cccnc3C2=O)C1. The minimum Gasteiger partial charge on any atom is -0.268 e. The van der Waals surface area contributed by atoms with Gasteiger partial charge in [0.2, 0.25) is 10.0 Å². The molecule has 30 heavy (non-hydrogen) atoms. The number of fused-ring (bicyclic) bond motifs is 1. The van der Waals surface area contributed by atoms with Crippen molar-refractivity contribution in [3.8, 4) is 0 Å². The highest BCUT2D eigenvalue weighted by Crippen LogP contribution is 2.30. The molecule has 2 aliphatic heterocycles. The van der Waals surface area contributed by atoms with Gasteiger partial charge in [-0.05, 0) is 48.1 Å². The number of halogens is 1. The van der Waals surface area contributed by atoms with E-state index in [9.17, 15) is 22.4 Å². The fraction of sp³-hybridized carbons (Fsp3) is 0.381. The number of nitrogens with zero attached hydrogens (tertiary/aromatic N) is 3. The molecule has 3 heterocycles. The highest BCUT2D eigenvalue weighted by atomic mass is 32.2. The topological polar surface area (TPSA) is 87.7 Å². The van der Waals surface area contributed by atoms with Gasteiger partial charge in [0, 0.05) is 19.3 Å². The monoisotopic (exact) mass is 431 g/mol. The molecular weight excluding hydrogens is 409 g/mol. The van der Waals surface area contributed by atoms with Gasteiger partial charge < -0.3 is 0 Å². The van der Waals surface area contributed by atoms with Crippen LogP contribution in [-0.4, -0.2) is 47.5 Å². The maximum atomic E-state index is 14.0. The van der Waals surface area contributed by atoms with Crippen LogP contribution in [0.3, 0.4) is 0 Å². The molecule has 0 N–H and O–H groups in total. The van der Waals surface area contributed by atoms with E-state index in [2.05, 4.69) is 4.98 Å². The average molecular weight is 431 g/mol. The van der Waals surface area contributed by atoms with Crippen LogP contribution in [0.2, 0.25) is 0 Å². The largest absolute Gasteiger partial charge is 0.280 e. The first-order valence-electron chi connectivity index (χ1n) is 9.78. The third kappa shape index (κ3) is 3.52. The molecule has 2 aliphatic rings. The van der Waals surface area contributed by atoms with Crippen LogP contribution in [0.15, 0.2) is 41.4 Å². The molecule has 1 aromatic carbocycles. The number of amides is 2. The summed E-state index contributed by atoms with van der Waals surface area (Å²) in [6.07, 6.45) is 2.34. The quantitative estimate of drug-likeness (QED) is 0.695. The molecule has 9 heteroatoms. The number of benzene rings is 1. The van der Waals surface area contributed by atoms with Gasteiger partial charge in [0.05, 0.1) is 17.0 Å². The van der Waals surface area contributed by atoms with Gasteiger partial charge in [-0.3, -0.25) is 19.5 Å². The van der Waals surface area contributed by atoms with E-state index in [4.69, 9.17) is 0 Å². The summed E-state index contributed by atoms with van der Waals surface area (Å²) in [5.74, 6) is -1.47. The lowest BCUT2D eigenvalue weighted by Gasteiger charge is -2.34. The second-order valence-electron chi connectivity index (χ2n) is 8.12. The van der Waals surface area contributed by atoms with Crippen molar-refractivity contribution >= 4 is 21.8 Å². The van der Waals surface area contributed by atoms with Crippen molar-refractivity contribution in [1.29, 1.82) is 0 Å². The Bertz CT molecular complexity index is 1090. The Hall–Kier alpha value is -2.65. The fourth-order valence-electron chi connectivity index (χ4n) is 4.27. The van der Waals surface area contributed by atoms with E-state index in [-0.39, 0.29) is 40.1 Å². The van der Waals surface area contributed by atoms with E-state index in [1.54, 1.807) is 6.07 Å². The normalized spacial score (nSPS) is 22.4. The first kappa shape index (κ1) is 20.6. The standard InChI is InChI=1S/C21H22FN3O4S/c1-13-8-14(2)11-24(10-13)30(28,29)18-9-16(22)6-5-15(18)12-25-20(26)17-4-3-7-23-19(17)21(25)27/h3-7,9,13-14H,8,10-12H2,1-2H3. The molecule has 7 nitrogen and oxygen atoms in total. The molecule has 1 aromatic heterocycles. The molecule has 0 saturated carbocycles. The zero-order valence-electron chi connectivity index (χ0n) is 16.7. The molecule has 1 saturated heterocycles. The first-order valence-corrected chi connectivity index (χ1v) is 11.2. The molecule has 0 radical (unpaired) electrons. The third-order valence-electron chi connectivity index (χ3n) is 5.54. The van der Waals surface area contributed by atoms with Crippen LogP contribution in [0.4, 0.5) is 4.39 Å². The van der Waals surface area contributed by atoms with Gasteiger partial charge in [-0.2, -0.15) is 4.31 Å². The maximum absolute atomic E-state index is 14.0. The van der Waals surface area contributed by atoms with E-state index in [1.165, 1.54) is 22.6 Å². The van der Waals surface area contributed by atoms with E-state index < -0.39 is 27.7 Å². The van der Waals surface area contributed by atoms with Crippen LogP contribution in [0.25, 0.3) is 0 Å². The molecule has 1 fully saturated rings. The second kappa shape index (κ2) is 7.55. The minimum absolute atomic E-state index is 0.0349. The molecule has 2 aromatic rings. The highest BCUT2D eigenvalue weighted by molar-refractivity contribution is 7.89. The average Bonchev–Trinajstić information content (AvgIpc) is 2.93. The molecular formula is C21H22FN3O4S. The summed E-state index contributed by atoms with van der Waals surface area (Å²) in [6.45, 7) is 4.38. The third-order valence-corrected chi connectivity index (χ3v) is 7.46. The van der Waals surface area contributed by atoms with Crippen molar-refractivity contribution in [2.24, 2.45) is 11.8 Å². The molecule has 2 unspecified atom stereocenters. The maximum Gasteiger partial charge on any atom is 0.280 e. The van der Waals surface area contributed by atoms with Crippen LogP contribution < -0.4 is 0 Å². The van der Waals surface area contributed by atoms with Crippen LogP contribution in [0.1, 0.15) is 46.7 Å². The summed E-state index contributed by atoms with van der Waals surface area (Å²) in [7, 11) is -4.00. The van der Waals surface area contributed by atoms with Crippen LogP contribution in [0.5, 0.6) is 0 Å². The Kier molecular flexibility index (Phi) is 5.19. The molecule has 158 valence electrons. The lowest BCUT2D eigenvalue weighted by Crippen LogP contribution is -2.43. The van der Waals surface area contributed by atoms with Crippen LogP contribution in [-0.2, 0) is 16.6 Å². The van der Waals surface area contributed by atoms with Crippen molar-refractivity contribution < 1.29 is 22.4 Å². The Morgan fingerprint density at radius 2 is 1.80 bits per heavy atom. The summed E-state index contributed by atoms with van der Waals surface area (Å²) >= 11 is 0. The van der Waals surface area contributed by atoms with Gasteiger partial charge in [0.25, 0.3) is 11.8 Å². The van der Waals surface area contributed by atoms with Gasteiger partial charge in [-0.25, -0.2) is 12.8 Å². The number of hydrogen-bond acceptors (Lipinski definition) is 5. The lowest BCUT2D eigenvalue weighted by atomic mass is 9.94. The fourth-order valence-corrected chi connectivity index (χ4v) is 6.17. The van der Waals surface area contributed by atoms with E-state index >= 15 is 0 Å². The summed E-state index contributed by atoms with van der Waals surface area (Å²) in [4.78, 5) is 30.0. The smallest absolute Gasteiger partial charge is 0.268 e. The number of pyridine rings is 1. The predicted octanol–water partition coefficient (Wildman–Crippen LogP) is 2.68. The number of piperidine rings is 1. The number of sulfonamides is 1. The highest BCUT2D eigenvalue weighted by Gasteiger charge is 2.39. The summed E-state index contributed by atoms with van der Waals surface area (Å²) in [6, 6.07) is 6.47.